The van der Waals surface area contributed by atoms with Crippen LogP contribution in [0.25, 0.3) is 0 Å². The number of imide groups is 1. The number of hydrogen-bond donors (Lipinski definition) is 2. The van der Waals surface area contributed by atoms with Gasteiger partial charge in [0.25, 0.3) is 5.91 Å². The highest BCUT2D eigenvalue weighted by molar-refractivity contribution is 6.07. The maximum atomic E-state index is 12.7. The molecule has 1 aromatic rings. The zero-order valence-corrected chi connectivity index (χ0v) is 11.4. The van der Waals surface area contributed by atoms with Crippen molar-refractivity contribution in [3.8, 4) is 0 Å². The number of aromatic nitrogens is 1. The molecule has 1 atom stereocenters. The van der Waals surface area contributed by atoms with Gasteiger partial charge in [-0.2, -0.15) is 0 Å². The van der Waals surface area contributed by atoms with Crippen LogP contribution in [0.15, 0.2) is 24.4 Å². The molecule has 3 rings (SSSR count). The van der Waals surface area contributed by atoms with Crippen molar-refractivity contribution in [1.29, 1.82) is 0 Å². The van der Waals surface area contributed by atoms with Crippen molar-refractivity contribution < 1.29 is 9.59 Å². The third-order valence-corrected chi connectivity index (χ3v) is 4.07. The molecule has 0 aliphatic carbocycles. The Hall–Kier alpha value is -1.95. The van der Waals surface area contributed by atoms with E-state index in [2.05, 4.69) is 15.6 Å². The summed E-state index contributed by atoms with van der Waals surface area (Å²) in [6.07, 6.45) is 3.24. The normalized spacial score (nSPS) is 27.8. The molecule has 1 aromatic heterocycles. The summed E-state index contributed by atoms with van der Waals surface area (Å²) >= 11 is 0. The van der Waals surface area contributed by atoms with Gasteiger partial charge in [-0.1, -0.05) is 6.07 Å². The molecule has 20 heavy (non-hydrogen) atoms. The maximum absolute atomic E-state index is 12.7. The number of hydrogen-bond acceptors (Lipinski definition) is 4. The van der Waals surface area contributed by atoms with Gasteiger partial charge in [0.05, 0.1) is 5.69 Å². The molecule has 2 aliphatic heterocycles. The van der Waals surface area contributed by atoms with Gasteiger partial charge in [0.1, 0.15) is 0 Å². The average Bonchev–Trinajstić information content (AvgIpc) is 2.72. The first kappa shape index (κ1) is 13.1. The molecule has 0 radical (unpaired) electrons. The molecule has 3 heterocycles. The second-order valence-corrected chi connectivity index (χ2v) is 5.43. The quantitative estimate of drug-likeness (QED) is 0.775. The Kier molecular flexibility index (Phi) is 3.17. The highest BCUT2D eigenvalue weighted by Crippen LogP contribution is 2.30. The van der Waals surface area contributed by atoms with Crippen LogP contribution in [-0.2, 0) is 10.3 Å². The number of pyridine rings is 1. The summed E-state index contributed by atoms with van der Waals surface area (Å²) in [7, 11) is 0. The largest absolute Gasteiger partial charge is 0.325 e. The number of rotatable bonds is 2. The zero-order valence-electron chi connectivity index (χ0n) is 11.4. The van der Waals surface area contributed by atoms with Crippen LogP contribution in [0.1, 0.15) is 25.5 Å². The van der Waals surface area contributed by atoms with Gasteiger partial charge in [0, 0.05) is 12.2 Å². The lowest BCUT2D eigenvalue weighted by atomic mass is 9.96. The Balaban J connectivity index is 1.90. The number of nitrogens with zero attached hydrogens (tertiary/aromatic N) is 2. The molecule has 0 saturated carbocycles. The SMILES string of the molecule is CC1(c2ccccn2)NC(=O)N(C2CCNCC2)C1=O. The highest BCUT2D eigenvalue weighted by Gasteiger charge is 2.52. The van der Waals surface area contributed by atoms with Crippen molar-refractivity contribution in [3.05, 3.63) is 30.1 Å². The van der Waals surface area contributed by atoms with E-state index in [1.54, 1.807) is 25.3 Å². The highest BCUT2D eigenvalue weighted by atomic mass is 16.2. The standard InChI is InChI=1S/C14H18N4O2/c1-14(11-4-2-3-7-16-11)12(19)18(13(20)17-14)10-5-8-15-9-6-10/h2-4,7,10,15H,5-6,8-9H2,1H3,(H,17,20). The predicted octanol–water partition coefficient (Wildman–Crippen LogP) is 0.601. The Morgan fingerprint density at radius 3 is 2.70 bits per heavy atom. The molecule has 3 amide bonds. The first-order valence-corrected chi connectivity index (χ1v) is 6.91. The molecule has 0 spiro atoms. The number of piperidine rings is 1. The average molecular weight is 274 g/mol. The predicted molar refractivity (Wildman–Crippen MR) is 72.9 cm³/mol. The van der Waals surface area contributed by atoms with Gasteiger partial charge in [-0.3, -0.25) is 14.7 Å². The Bertz CT molecular complexity index is 527. The fraction of sp³-hybridized carbons (Fsp3) is 0.500. The molecule has 2 saturated heterocycles. The fourth-order valence-corrected chi connectivity index (χ4v) is 2.89. The van der Waals surface area contributed by atoms with Gasteiger partial charge in [0.15, 0.2) is 5.54 Å². The van der Waals surface area contributed by atoms with Crippen molar-refractivity contribution in [2.24, 2.45) is 0 Å². The lowest BCUT2D eigenvalue weighted by molar-refractivity contribution is -0.133. The molecule has 2 fully saturated rings. The van der Waals surface area contributed by atoms with Crippen molar-refractivity contribution in [3.63, 3.8) is 0 Å². The number of amides is 3. The summed E-state index contributed by atoms with van der Waals surface area (Å²) in [5, 5.41) is 6.04. The zero-order chi connectivity index (χ0) is 14.2. The molecule has 0 bridgehead atoms. The topological polar surface area (TPSA) is 74.3 Å². The van der Waals surface area contributed by atoms with Crippen LogP contribution < -0.4 is 10.6 Å². The van der Waals surface area contributed by atoms with E-state index in [9.17, 15) is 9.59 Å². The van der Waals surface area contributed by atoms with Crippen LogP contribution in [0.5, 0.6) is 0 Å². The number of urea groups is 1. The summed E-state index contributed by atoms with van der Waals surface area (Å²) < 4.78 is 0. The van der Waals surface area contributed by atoms with Crippen molar-refractivity contribution >= 4 is 11.9 Å². The number of carbonyl (C=O) groups is 2. The van der Waals surface area contributed by atoms with Gasteiger partial charge < -0.3 is 10.6 Å². The van der Waals surface area contributed by atoms with Gasteiger partial charge >= 0.3 is 6.03 Å². The van der Waals surface area contributed by atoms with E-state index < -0.39 is 5.54 Å². The van der Waals surface area contributed by atoms with Crippen molar-refractivity contribution in [1.82, 2.24) is 20.5 Å². The fourth-order valence-electron chi connectivity index (χ4n) is 2.89. The minimum atomic E-state index is -1.05. The van der Waals surface area contributed by atoms with Crippen molar-refractivity contribution in [2.45, 2.75) is 31.3 Å². The third kappa shape index (κ3) is 1.96. The van der Waals surface area contributed by atoms with E-state index in [0.717, 1.165) is 25.9 Å². The van der Waals surface area contributed by atoms with E-state index >= 15 is 0 Å². The summed E-state index contributed by atoms with van der Waals surface area (Å²) in [5.74, 6) is -0.201. The first-order chi connectivity index (χ1) is 9.63. The van der Waals surface area contributed by atoms with Gasteiger partial charge in [-0.15, -0.1) is 0 Å². The van der Waals surface area contributed by atoms with Crippen LogP contribution >= 0.6 is 0 Å². The van der Waals surface area contributed by atoms with E-state index in [1.807, 2.05) is 6.07 Å². The Labute approximate surface area is 117 Å². The maximum Gasteiger partial charge on any atom is 0.325 e. The summed E-state index contributed by atoms with van der Waals surface area (Å²) in [6, 6.07) is 5.05. The van der Waals surface area contributed by atoms with E-state index in [4.69, 9.17) is 0 Å². The monoisotopic (exact) mass is 274 g/mol. The molecule has 0 aromatic carbocycles. The Morgan fingerprint density at radius 2 is 2.05 bits per heavy atom. The van der Waals surface area contributed by atoms with E-state index in [-0.39, 0.29) is 18.0 Å². The van der Waals surface area contributed by atoms with Crippen LogP contribution in [-0.4, -0.2) is 41.0 Å². The minimum Gasteiger partial charge on any atom is -0.318 e. The van der Waals surface area contributed by atoms with Crippen molar-refractivity contribution in [2.75, 3.05) is 13.1 Å². The molecule has 6 nitrogen and oxygen atoms in total. The second-order valence-electron chi connectivity index (χ2n) is 5.43. The van der Waals surface area contributed by atoms with Gasteiger partial charge in [-0.25, -0.2) is 4.79 Å². The molecule has 2 N–H and O–H groups in total. The second kappa shape index (κ2) is 4.86. The van der Waals surface area contributed by atoms with Crippen LogP contribution in [0.4, 0.5) is 4.79 Å². The lowest BCUT2D eigenvalue weighted by Crippen LogP contribution is -2.47. The molecular weight excluding hydrogens is 256 g/mol. The van der Waals surface area contributed by atoms with E-state index in [0.29, 0.717) is 5.69 Å². The van der Waals surface area contributed by atoms with E-state index in [1.165, 1.54) is 4.90 Å². The van der Waals surface area contributed by atoms with Crippen LogP contribution in [0, 0.1) is 0 Å². The molecule has 6 heteroatoms. The smallest absolute Gasteiger partial charge is 0.318 e. The van der Waals surface area contributed by atoms with Gasteiger partial charge in [0.2, 0.25) is 0 Å². The Morgan fingerprint density at radius 1 is 1.30 bits per heavy atom. The molecular formula is C14H18N4O2. The minimum absolute atomic E-state index is 0.0192. The number of carbonyl (C=O) groups excluding carboxylic acids is 2. The summed E-state index contributed by atoms with van der Waals surface area (Å²) in [4.78, 5) is 30.5. The first-order valence-electron chi connectivity index (χ1n) is 6.91. The molecule has 106 valence electrons. The lowest BCUT2D eigenvalue weighted by Gasteiger charge is -2.30. The summed E-state index contributed by atoms with van der Waals surface area (Å²) in [6.45, 7) is 3.39. The molecule has 1 unspecified atom stereocenters. The molecule has 2 aliphatic rings. The van der Waals surface area contributed by atoms with Gasteiger partial charge in [-0.05, 0) is 45.0 Å². The third-order valence-electron chi connectivity index (χ3n) is 4.07. The van der Waals surface area contributed by atoms with Crippen LogP contribution in [0.3, 0.4) is 0 Å². The van der Waals surface area contributed by atoms with Crippen LogP contribution in [0.2, 0.25) is 0 Å². The number of nitrogens with one attached hydrogen (secondary N) is 2. The summed E-state index contributed by atoms with van der Waals surface area (Å²) in [5.41, 5.74) is -0.474.